The van der Waals surface area contributed by atoms with Crippen molar-refractivity contribution in [3.63, 3.8) is 0 Å². The summed E-state index contributed by atoms with van der Waals surface area (Å²) >= 11 is 0. The van der Waals surface area contributed by atoms with Gasteiger partial charge in [0.05, 0.1) is 25.0 Å². The number of hydrogen-bond acceptors (Lipinski definition) is 6. The average Bonchev–Trinajstić information content (AvgIpc) is 3.39. The van der Waals surface area contributed by atoms with E-state index in [1.807, 2.05) is 67.2 Å². The third-order valence-electron chi connectivity index (χ3n) is 5.29. The minimum absolute atomic E-state index is 0.105. The van der Waals surface area contributed by atoms with Gasteiger partial charge in [0.2, 0.25) is 5.96 Å². The maximum atomic E-state index is 9.82. The average molecular weight is 431 g/mol. The number of aryl methyl sites for hydroxylation is 1. The minimum Gasteiger partial charge on any atom is -0.508 e. The Kier molecular flexibility index (Phi) is 5.98. The van der Waals surface area contributed by atoms with E-state index in [2.05, 4.69) is 9.89 Å². The van der Waals surface area contributed by atoms with Crippen LogP contribution in [0.2, 0.25) is 0 Å². The number of likely N-dealkylation sites (N-methyl/N-ethyl adjacent to an activating group) is 1. The predicted molar refractivity (Wildman–Crippen MR) is 128 cm³/mol. The molecule has 0 unspecified atom stereocenters. The molecule has 0 radical (unpaired) electrons. The number of benzene rings is 2. The molecule has 0 spiro atoms. The molecule has 2 aromatic carbocycles. The zero-order valence-corrected chi connectivity index (χ0v) is 18.4. The quantitative estimate of drug-likeness (QED) is 0.637. The number of aromatic nitrogens is 2. The summed E-state index contributed by atoms with van der Waals surface area (Å²) in [6.07, 6.45) is 7.83. The van der Waals surface area contributed by atoms with Gasteiger partial charge in [0, 0.05) is 13.6 Å². The number of nitrogens with zero attached hydrogens (tertiary/aromatic N) is 4. The van der Waals surface area contributed by atoms with Crippen molar-refractivity contribution in [2.24, 2.45) is 4.99 Å². The second kappa shape index (κ2) is 9.01. The van der Waals surface area contributed by atoms with Crippen LogP contribution in [-0.2, 0) is 0 Å². The zero-order valence-electron chi connectivity index (χ0n) is 18.4. The molecule has 32 heavy (non-hydrogen) atoms. The van der Waals surface area contributed by atoms with Crippen LogP contribution in [0.4, 0.5) is 0 Å². The minimum atomic E-state index is 0.105. The van der Waals surface area contributed by atoms with E-state index in [4.69, 9.17) is 9.84 Å². The summed E-state index contributed by atoms with van der Waals surface area (Å²) in [5.41, 5.74) is 4.38. The van der Waals surface area contributed by atoms with Crippen LogP contribution in [0.1, 0.15) is 28.1 Å². The lowest BCUT2D eigenvalue weighted by molar-refractivity contribution is 0.373. The summed E-state index contributed by atoms with van der Waals surface area (Å²) < 4.78 is 7.03. The number of aliphatic imine (C=N–C) groups is 1. The lowest BCUT2D eigenvalue weighted by Crippen LogP contribution is -2.30. The normalized spacial score (nSPS) is 14.0. The first-order chi connectivity index (χ1) is 15.4. The highest BCUT2D eigenvalue weighted by Gasteiger charge is 2.18. The van der Waals surface area contributed by atoms with Crippen molar-refractivity contribution >= 4 is 30.3 Å². The third-order valence-corrected chi connectivity index (χ3v) is 5.29. The van der Waals surface area contributed by atoms with Gasteiger partial charge in [-0.15, -0.1) is 0 Å². The van der Waals surface area contributed by atoms with Crippen LogP contribution in [-0.4, -0.2) is 58.1 Å². The Balaban J connectivity index is 1.66. The summed E-state index contributed by atoms with van der Waals surface area (Å²) in [5, 5.41) is 24.3. The Labute approximate surface area is 187 Å². The molecule has 0 amide bonds. The molecule has 0 fully saturated rings. The first-order valence-electron chi connectivity index (χ1n) is 10.3. The number of ether oxygens (including phenoxy) is 1. The van der Waals surface area contributed by atoms with Crippen LogP contribution in [0.25, 0.3) is 24.3 Å². The van der Waals surface area contributed by atoms with Crippen molar-refractivity contribution in [1.29, 1.82) is 0 Å². The van der Waals surface area contributed by atoms with Crippen LogP contribution >= 0.6 is 0 Å². The molecule has 0 atom stereocenters. The summed E-state index contributed by atoms with van der Waals surface area (Å²) in [7, 11) is 3.53. The third kappa shape index (κ3) is 4.51. The van der Waals surface area contributed by atoms with Gasteiger partial charge in [-0.1, -0.05) is 24.3 Å². The molecule has 164 valence electrons. The highest BCUT2D eigenvalue weighted by Crippen LogP contribution is 2.27. The number of phenolic OH excluding ortho intramolecular Hbond substituents is 2. The lowest BCUT2D eigenvalue weighted by Gasteiger charge is -2.14. The van der Waals surface area contributed by atoms with Gasteiger partial charge >= 0.3 is 0 Å². The molecule has 0 aliphatic carbocycles. The molecule has 0 bridgehead atoms. The number of hydrogen-bond donors (Lipinski definition) is 2. The molecule has 1 aliphatic rings. The summed E-state index contributed by atoms with van der Waals surface area (Å²) in [6, 6.07) is 12.7. The van der Waals surface area contributed by atoms with E-state index in [0.29, 0.717) is 5.75 Å². The number of methoxy groups -OCH3 is 1. The van der Waals surface area contributed by atoms with Gasteiger partial charge in [0.1, 0.15) is 5.75 Å². The number of phenols is 2. The Bertz CT molecular complexity index is 1220. The van der Waals surface area contributed by atoms with E-state index in [1.54, 1.807) is 18.2 Å². The molecule has 0 saturated carbocycles. The van der Waals surface area contributed by atoms with Crippen molar-refractivity contribution in [2.45, 2.75) is 6.92 Å². The first kappa shape index (κ1) is 21.2. The van der Waals surface area contributed by atoms with Gasteiger partial charge in [0.15, 0.2) is 11.5 Å². The van der Waals surface area contributed by atoms with Gasteiger partial charge < -0.3 is 19.8 Å². The van der Waals surface area contributed by atoms with Crippen LogP contribution < -0.4 is 4.74 Å². The molecule has 0 saturated heterocycles. The monoisotopic (exact) mass is 430 g/mol. The fourth-order valence-electron chi connectivity index (χ4n) is 3.47. The molecular weight excluding hydrogens is 404 g/mol. The lowest BCUT2D eigenvalue weighted by atomic mass is 10.1. The molecule has 7 nitrogen and oxygen atoms in total. The maximum Gasteiger partial charge on any atom is 0.222 e. The summed E-state index contributed by atoms with van der Waals surface area (Å²) in [5.74, 6) is 1.61. The maximum absolute atomic E-state index is 9.82. The molecule has 2 N–H and O–H groups in total. The first-order valence-corrected chi connectivity index (χ1v) is 10.3. The molecule has 3 aromatic rings. The standard InChI is InChI=1S/C25H26N4O3/c1-17-14-18(6-10-22(17)30)4-8-20-16-21(29(27-20)25-26-12-13-28(25)2)9-5-19-7-11-23(31)24(15-19)32-3/h4-11,14-16,30-31H,12-13H2,1-3H3/b8-4+,9-5+. The smallest absolute Gasteiger partial charge is 0.222 e. The Hall–Kier alpha value is -4.00. The Morgan fingerprint density at radius 2 is 1.66 bits per heavy atom. The Morgan fingerprint density at radius 3 is 2.34 bits per heavy atom. The highest BCUT2D eigenvalue weighted by atomic mass is 16.5. The molecule has 1 aliphatic heterocycles. The summed E-state index contributed by atoms with van der Waals surface area (Å²) in [4.78, 5) is 6.67. The number of rotatable bonds is 5. The zero-order chi connectivity index (χ0) is 22.7. The van der Waals surface area contributed by atoms with Gasteiger partial charge in [-0.05, 0) is 66.1 Å². The molecule has 7 heteroatoms. The van der Waals surface area contributed by atoms with E-state index in [9.17, 15) is 10.2 Å². The SMILES string of the molecule is COc1cc(/C=C/c2cc(/C=C/c3ccc(O)c(C)c3)nn2C2=NCCN2C)ccc1O. The van der Waals surface area contributed by atoms with Crippen LogP contribution in [0.3, 0.4) is 0 Å². The van der Waals surface area contributed by atoms with Gasteiger partial charge in [-0.2, -0.15) is 5.10 Å². The van der Waals surface area contributed by atoms with Crippen molar-refractivity contribution < 1.29 is 14.9 Å². The van der Waals surface area contributed by atoms with Crippen LogP contribution in [0, 0.1) is 6.92 Å². The summed E-state index contributed by atoms with van der Waals surface area (Å²) in [6.45, 7) is 3.46. The largest absolute Gasteiger partial charge is 0.508 e. The van der Waals surface area contributed by atoms with Crippen LogP contribution in [0.5, 0.6) is 17.2 Å². The molecular formula is C25H26N4O3. The highest BCUT2D eigenvalue weighted by molar-refractivity contribution is 5.86. The molecule has 4 rings (SSSR count). The van der Waals surface area contributed by atoms with E-state index in [-0.39, 0.29) is 11.5 Å². The van der Waals surface area contributed by atoms with E-state index in [0.717, 1.165) is 47.1 Å². The topological polar surface area (TPSA) is 83.1 Å². The van der Waals surface area contributed by atoms with E-state index in [1.165, 1.54) is 7.11 Å². The van der Waals surface area contributed by atoms with Crippen molar-refractivity contribution in [2.75, 3.05) is 27.2 Å². The van der Waals surface area contributed by atoms with Crippen molar-refractivity contribution in [3.05, 3.63) is 70.5 Å². The predicted octanol–water partition coefficient (Wildman–Crippen LogP) is 4.10. The van der Waals surface area contributed by atoms with Crippen molar-refractivity contribution in [1.82, 2.24) is 14.7 Å². The Morgan fingerprint density at radius 1 is 0.938 bits per heavy atom. The van der Waals surface area contributed by atoms with E-state index >= 15 is 0 Å². The van der Waals surface area contributed by atoms with Gasteiger partial charge in [-0.3, -0.25) is 0 Å². The number of aromatic hydroxyl groups is 2. The van der Waals surface area contributed by atoms with Gasteiger partial charge in [0.25, 0.3) is 0 Å². The molecule has 2 heterocycles. The second-order valence-corrected chi connectivity index (χ2v) is 7.65. The fourth-order valence-corrected chi connectivity index (χ4v) is 3.47. The van der Waals surface area contributed by atoms with E-state index < -0.39 is 0 Å². The van der Waals surface area contributed by atoms with Gasteiger partial charge in [-0.25, -0.2) is 9.67 Å². The fraction of sp³-hybridized carbons (Fsp3) is 0.200. The molecule has 1 aromatic heterocycles. The van der Waals surface area contributed by atoms with Crippen LogP contribution in [0.15, 0.2) is 47.5 Å². The second-order valence-electron chi connectivity index (χ2n) is 7.65. The van der Waals surface area contributed by atoms with Crippen molar-refractivity contribution in [3.8, 4) is 17.2 Å².